The lowest BCUT2D eigenvalue weighted by Gasteiger charge is -2.51. The molecule has 142 valence electrons. The summed E-state index contributed by atoms with van der Waals surface area (Å²) in [6.45, 7) is 3.25. The topological polar surface area (TPSA) is 26.3 Å². The molecule has 1 aliphatic carbocycles. The van der Waals surface area contributed by atoms with Crippen LogP contribution >= 0.6 is 0 Å². The first-order chi connectivity index (χ1) is 12.6. The Bertz CT molecular complexity index is 618. The van der Waals surface area contributed by atoms with Gasteiger partial charge in [-0.15, -0.1) is 0 Å². The number of hydrogen-bond acceptors (Lipinski definition) is 2. The SMILES string of the molecule is C[N+]12CCCC[C@@H]1[C@H](COC(=O)C1(c3ccccc3)CCCC1)CCC2. The van der Waals surface area contributed by atoms with E-state index >= 15 is 0 Å². The van der Waals surface area contributed by atoms with Gasteiger partial charge in [0.1, 0.15) is 0 Å². The molecule has 3 heteroatoms. The molecule has 2 saturated heterocycles. The van der Waals surface area contributed by atoms with Crippen molar-refractivity contribution in [2.24, 2.45) is 5.92 Å². The zero-order valence-corrected chi connectivity index (χ0v) is 16.3. The summed E-state index contributed by atoms with van der Waals surface area (Å²) in [5, 5.41) is 0. The van der Waals surface area contributed by atoms with Crippen molar-refractivity contribution in [2.75, 3.05) is 26.7 Å². The van der Waals surface area contributed by atoms with Gasteiger partial charge in [0, 0.05) is 12.3 Å². The predicted octanol–water partition coefficient (Wildman–Crippen LogP) is 4.45. The van der Waals surface area contributed by atoms with E-state index in [0.717, 1.165) is 31.2 Å². The fourth-order valence-corrected chi connectivity index (χ4v) is 6.10. The number of ether oxygens (including phenoxy) is 1. The number of nitrogens with zero attached hydrogens (tertiary/aromatic N) is 1. The van der Waals surface area contributed by atoms with Crippen molar-refractivity contribution in [1.82, 2.24) is 0 Å². The number of fused-ring (bicyclic) bond motifs is 1. The van der Waals surface area contributed by atoms with Crippen LogP contribution in [-0.4, -0.2) is 43.2 Å². The molecule has 0 radical (unpaired) electrons. The van der Waals surface area contributed by atoms with Gasteiger partial charge < -0.3 is 9.22 Å². The van der Waals surface area contributed by atoms with Crippen LogP contribution in [0.15, 0.2) is 30.3 Å². The van der Waals surface area contributed by atoms with E-state index in [1.54, 1.807) is 0 Å². The second-order valence-electron chi connectivity index (χ2n) is 9.15. The molecule has 4 rings (SSSR count). The van der Waals surface area contributed by atoms with Gasteiger partial charge in [0.05, 0.1) is 38.2 Å². The number of quaternary nitrogens is 1. The van der Waals surface area contributed by atoms with Crippen molar-refractivity contribution < 1.29 is 14.0 Å². The normalized spacial score (nSPS) is 33.4. The van der Waals surface area contributed by atoms with E-state index in [0.29, 0.717) is 18.6 Å². The molecule has 26 heavy (non-hydrogen) atoms. The van der Waals surface area contributed by atoms with Gasteiger partial charge in [-0.05, 0) is 44.1 Å². The Kier molecular flexibility index (Phi) is 5.09. The first-order valence-electron chi connectivity index (χ1n) is 10.7. The Labute approximate surface area is 158 Å². The summed E-state index contributed by atoms with van der Waals surface area (Å²) in [6.07, 6.45) is 10.7. The van der Waals surface area contributed by atoms with Crippen LogP contribution in [0.25, 0.3) is 0 Å². The first-order valence-corrected chi connectivity index (χ1v) is 10.7. The van der Waals surface area contributed by atoms with Gasteiger partial charge in [-0.3, -0.25) is 4.79 Å². The molecule has 2 heterocycles. The predicted molar refractivity (Wildman–Crippen MR) is 104 cm³/mol. The highest BCUT2D eigenvalue weighted by atomic mass is 16.5. The third-order valence-electron chi connectivity index (χ3n) is 7.61. The van der Waals surface area contributed by atoms with Crippen molar-refractivity contribution in [2.45, 2.75) is 69.2 Å². The summed E-state index contributed by atoms with van der Waals surface area (Å²) in [7, 11) is 2.43. The number of carbonyl (C=O) groups excluding carboxylic acids is 1. The maximum absolute atomic E-state index is 13.2. The van der Waals surface area contributed by atoms with Crippen LogP contribution in [0.2, 0.25) is 0 Å². The van der Waals surface area contributed by atoms with Gasteiger partial charge in [0.2, 0.25) is 0 Å². The fourth-order valence-electron chi connectivity index (χ4n) is 6.10. The van der Waals surface area contributed by atoms with Crippen LogP contribution in [0.1, 0.15) is 63.4 Å². The van der Waals surface area contributed by atoms with Gasteiger partial charge in [-0.2, -0.15) is 0 Å². The maximum atomic E-state index is 13.2. The van der Waals surface area contributed by atoms with Gasteiger partial charge in [0.15, 0.2) is 0 Å². The summed E-state index contributed by atoms with van der Waals surface area (Å²) in [5.41, 5.74) is 0.769. The highest BCUT2D eigenvalue weighted by molar-refractivity contribution is 5.83. The van der Waals surface area contributed by atoms with E-state index in [-0.39, 0.29) is 11.4 Å². The maximum Gasteiger partial charge on any atom is 0.316 e. The highest BCUT2D eigenvalue weighted by Crippen LogP contribution is 2.43. The van der Waals surface area contributed by atoms with E-state index < -0.39 is 0 Å². The van der Waals surface area contributed by atoms with E-state index in [2.05, 4.69) is 31.3 Å². The van der Waals surface area contributed by atoms with Crippen molar-refractivity contribution >= 4 is 5.97 Å². The number of rotatable bonds is 4. The number of carbonyl (C=O) groups is 1. The smallest absolute Gasteiger partial charge is 0.316 e. The summed E-state index contributed by atoms with van der Waals surface area (Å²) >= 11 is 0. The van der Waals surface area contributed by atoms with Crippen molar-refractivity contribution in [3.63, 3.8) is 0 Å². The zero-order valence-electron chi connectivity index (χ0n) is 16.3. The van der Waals surface area contributed by atoms with Crippen LogP contribution in [0.5, 0.6) is 0 Å². The van der Waals surface area contributed by atoms with Gasteiger partial charge in [-0.25, -0.2) is 0 Å². The molecule has 3 aliphatic rings. The number of piperidine rings is 2. The average Bonchev–Trinajstić information content (AvgIpc) is 3.17. The van der Waals surface area contributed by atoms with Gasteiger partial charge in [-0.1, -0.05) is 43.2 Å². The number of esters is 1. The molecule has 0 spiro atoms. The molecule has 0 aromatic heterocycles. The molecule has 1 unspecified atom stereocenters. The fraction of sp³-hybridized carbons (Fsp3) is 0.696. The lowest BCUT2D eigenvalue weighted by atomic mass is 9.78. The number of hydrogen-bond donors (Lipinski definition) is 0. The number of benzene rings is 1. The van der Waals surface area contributed by atoms with Crippen LogP contribution in [0, 0.1) is 5.92 Å². The molecule has 1 aromatic rings. The van der Waals surface area contributed by atoms with Gasteiger partial charge >= 0.3 is 5.97 Å². The second-order valence-corrected chi connectivity index (χ2v) is 9.15. The van der Waals surface area contributed by atoms with E-state index in [9.17, 15) is 4.79 Å². The molecule has 0 bridgehead atoms. The molecule has 3 nitrogen and oxygen atoms in total. The molecule has 3 atom stereocenters. The Hall–Kier alpha value is -1.35. The van der Waals surface area contributed by atoms with Crippen LogP contribution < -0.4 is 0 Å². The Morgan fingerprint density at radius 2 is 1.77 bits per heavy atom. The lowest BCUT2D eigenvalue weighted by Crippen LogP contribution is -2.61. The molecular formula is C23H34NO2+. The van der Waals surface area contributed by atoms with Crippen molar-refractivity contribution in [3.8, 4) is 0 Å². The second kappa shape index (κ2) is 7.34. The molecule has 1 aromatic carbocycles. The van der Waals surface area contributed by atoms with E-state index in [1.165, 1.54) is 49.7 Å². The summed E-state index contributed by atoms with van der Waals surface area (Å²) < 4.78 is 7.28. The van der Waals surface area contributed by atoms with Crippen molar-refractivity contribution in [3.05, 3.63) is 35.9 Å². The Morgan fingerprint density at radius 3 is 2.54 bits per heavy atom. The highest BCUT2D eigenvalue weighted by Gasteiger charge is 2.47. The lowest BCUT2D eigenvalue weighted by molar-refractivity contribution is -0.947. The minimum atomic E-state index is -0.388. The van der Waals surface area contributed by atoms with Gasteiger partial charge in [0.25, 0.3) is 0 Å². The molecule has 0 amide bonds. The molecule has 0 N–H and O–H groups in total. The summed E-state index contributed by atoms with van der Waals surface area (Å²) in [6, 6.07) is 11.1. The monoisotopic (exact) mass is 356 g/mol. The first kappa shape index (κ1) is 18.0. The van der Waals surface area contributed by atoms with Crippen LogP contribution in [-0.2, 0) is 14.9 Å². The van der Waals surface area contributed by atoms with Crippen LogP contribution in [0.3, 0.4) is 0 Å². The standard InChI is InChI=1S/C23H34NO2/c1-24-16-8-5-13-21(24)19(10-9-17-24)18-26-22(25)23(14-6-7-15-23)20-11-3-2-4-12-20/h2-4,11-12,19,21H,5-10,13-18H2,1H3/q+1/t19-,21+,24?/m0/s1. The van der Waals surface area contributed by atoms with Crippen LogP contribution in [0.4, 0.5) is 0 Å². The molecular weight excluding hydrogens is 322 g/mol. The average molecular weight is 357 g/mol. The quantitative estimate of drug-likeness (QED) is 0.588. The Balaban J connectivity index is 1.46. The summed E-state index contributed by atoms with van der Waals surface area (Å²) in [5.74, 6) is 0.587. The molecule has 2 aliphatic heterocycles. The minimum absolute atomic E-state index is 0.0387. The molecule has 3 fully saturated rings. The van der Waals surface area contributed by atoms with E-state index in [4.69, 9.17) is 4.74 Å². The summed E-state index contributed by atoms with van der Waals surface area (Å²) in [4.78, 5) is 13.2. The zero-order chi connectivity index (χ0) is 18.0. The largest absolute Gasteiger partial charge is 0.464 e. The van der Waals surface area contributed by atoms with Crippen molar-refractivity contribution in [1.29, 1.82) is 0 Å². The Morgan fingerprint density at radius 1 is 1.04 bits per heavy atom. The minimum Gasteiger partial charge on any atom is -0.464 e. The molecule has 1 saturated carbocycles. The van der Waals surface area contributed by atoms with E-state index in [1.807, 2.05) is 6.07 Å². The third-order valence-corrected chi connectivity index (χ3v) is 7.61. The third kappa shape index (κ3) is 3.19.